The fraction of sp³-hybridized carbons (Fsp3) is 0.609. The largest absolute Gasteiger partial charge is 0.388 e. The first kappa shape index (κ1) is 20.1. The highest BCUT2D eigenvalue weighted by Gasteiger charge is 2.37. The smallest absolute Gasteiger partial charge is 0.222 e. The molecule has 1 aromatic carbocycles. The van der Waals surface area contributed by atoms with Gasteiger partial charge in [0.05, 0.1) is 17.6 Å². The highest BCUT2D eigenvalue weighted by molar-refractivity contribution is 5.78. The van der Waals surface area contributed by atoms with E-state index in [2.05, 4.69) is 4.99 Å². The third-order valence-corrected chi connectivity index (χ3v) is 6.85. The molecular formula is C23H31N3O3. The molecule has 1 atom stereocenters. The highest BCUT2D eigenvalue weighted by Crippen LogP contribution is 2.34. The normalized spacial score (nSPS) is 23.8. The van der Waals surface area contributed by atoms with Crippen LogP contribution in [0.4, 0.5) is 5.69 Å². The molecular weight excluding hydrogens is 366 g/mol. The zero-order valence-electron chi connectivity index (χ0n) is 17.0. The van der Waals surface area contributed by atoms with Crippen LogP contribution in [0.15, 0.2) is 29.3 Å². The molecule has 3 aliphatic rings. The first-order chi connectivity index (χ1) is 14.1. The predicted octanol–water partition coefficient (Wildman–Crippen LogP) is 3.23. The van der Waals surface area contributed by atoms with Crippen LogP contribution in [-0.4, -0.2) is 58.7 Å². The van der Waals surface area contributed by atoms with Gasteiger partial charge in [0.1, 0.15) is 12.3 Å². The van der Waals surface area contributed by atoms with Gasteiger partial charge in [-0.1, -0.05) is 43.9 Å². The maximum absolute atomic E-state index is 12.6. The lowest BCUT2D eigenvalue weighted by Gasteiger charge is -2.42. The van der Waals surface area contributed by atoms with Gasteiger partial charge in [0.25, 0.3) is 0 Å². The Kier molecular flexibility index (Phi) is 5.99. The van der Waals surface area contributed by atoms with Gasteiger partial charge in [-0.25, -0.2) is 4.99 Å². The second kappa shape index (κ2) is 8.66. The molecule has 29 heavy (non-hydrogen) atoms. The lowest BCUT2D eigenvalue weighted by Crippen LogP contribution is -2.52. The van der Waals surface area contributed by atoms with Crippen molar-refractivity contribution in [3.63, 3.8) is 0 Å². The molecule has 4 rings (SSSR count). The van der Waals surface area contributed by atoms with Crippen molar-refractivity contribution in [3.8, 4) is 0 Å². The summed E-state index contributed by atoms with van der Waals surface area (Å²) in [5.74, 6) is 0.945. The topological polar surface area (TPSA) is 73.2 Å². The number of rotatable bonds is 6. The Morgan fingerprint density at radius 2 is 1.93 bits per heavy atom. The summed E-state index contributed by atoms with van der Waals surface area (Å²) in [5, 5.41) is 11.1. The molecule has 1 saturated heterocycles. The molecule has 2 fully saturated rings. The number of aliphatic imine (C=N–C) groups is 1. The van der Waals surface area contributed by atoms with Gasteiger partial charge in [-0.15, -0.1) is 0 Å². The van der Waals surface area contributed by atoms with Gasteiger partial charge in [0.2, 0.25) is 5.91 Å². The van der Waals surface area contributed by atoms with E-state index in [1.165, 1.54) is 25.7 Å². The van der Waals surface area contributed by atoms with Gasteiger partial charge in [-0.05, 0) is 31.2 Å². The van der Waals surface area contributed by atoms with Gasteiger partial charge in [-0.2, -0.15) is 0 Å². The predicted molar refractivity (Wildman–Crippen MR) is 112 cm³/mol. The van der Waals surface area contributed by atoms with E-state index in [9.17, 15) is 14.7 Å². The summed E-state index contributed by atoms with van der Waals surface area (Å²) in [6, 6.07) is 7.18. The summed E-state index contributed by atoms with van der Waals surface area (Å²) < 4.78 is 0. The third-order valence-electron chi connectivity index (χ3n) is 6.85. The zero-order valence-corrected chi connectivity index (χ0v) is 17.0. The van der Waals surface area contributed by atoms with Crippen LogP contribution in [0.1, 0.15) is 63.0 Å². The number of amides is 1. The molecule has 2 aliphatic heterocycles. The first-order valence-corrected chi connectivity index (χ1v) is 10.9. The number of benzene rings is 1. The van der Waals surface area contributed by atoms with E-state index in [1.807, 2.05) is 34.1 Å². The van der Waals surface area contributed by atoms with E-state index in [1.54, 1.807) is 6.34 Å². The molecule has 0 spiro atoms. The van der Waals surface area contributed by atoms with Crippen LogP contribution < -0.4 is 0 Å². The summed E-state index contributed by atoms with van der Waals surface area (Å²) in [4.78, 5) is 32.5. The van der Waals surface area contributed by atoms with Gasteiger partial charge in [-0.3, -0.25) is 4.79 Å². The lowest BCUT2D eigenvalue weighted by atomic mass is 9.89. The monoisotopic (exact) mass is 397 g/mol. The number of likely N-dealkylation sites (tertiary alicyclic amines) is 1. The van der Waals surface area contributed by atoms with Crippen LogP contribution in [-0.2, 0) is 9.59 Å². The number of fused-ring (bicyclic) bond motifs is 1. The number of β-amino-alcohol motifs (C(OH)–C–C–N with tert-alkyl or cyclic N) is 1. The molecule has 6 heteroatoms. The average molecular weight is 398 g/mol. The van der Waals surface area contributed by atoms with Crippen LogP contribution in [0.2, 0.25) is 0 Å². The number of para-hydroxylation sites is 1. The Balaban J connectivity index is 1.31. The fourth-order valence-corrected chi connectivity index (χ4v) is 4.99. The van der Waals surface area contributed by atoms with Crippen molar-refractivity contribution >= 4 is 24.2 Å². The summed E-state index contributed by atoms with van der Waals surface area (Å²) in [6.07, 6.45) is 10.4. The summed E-state index contributed by atoms with van der Waals surface area (Å²) >= 11 is 0. The minimum Gasteiger partial charge on any atom is -0.388 e. The molecule has 2 heterocycles. The number of nitrogens with zero attached hydrogens (tertiary/aromatic N) is 3. The van der Waals surface area contributed by atoms with E-state index >= 15 is 0 Å². The average Bonchev–Trinajstić information content (AvgIpc) is 3.26. The summed E-state index contributed by atoms with van der Waals surface area (Å²) in [5.41, 5.74) is 0.755. The van der Waals surface area contributed by atoms with Gasteiger partial charge in [0, 0.05) is 31.6 Å². The quantitative estimate of drug-likeness (QED) is 0.748. The van der Waals surface area contributed by atoms with E-state index in [0.717, 1.165) is 29.9 Å². The van der Waals surface area contributed by atoms with Crippen LogP contribution in [0.5, 0.6) is 0 Å². The maximum Gasteiger partial charge on any atom is 0.222 e. The standard InChI is InChI=1S/C23H31N3O3/c27-15-21-19-7-3-4-8-20(19)24-17-26(21)16-23(29)11-13-25(14-12-23)22(28)10-9-18-5-1-2-6-18/h3-4,7-8,15,17-18,21,29H,1-2,5-6,9-14,16H2. The van der Waals surface area contributed by atoms with Crippen molar-refractivity contribution < 1.29 is 14.7 Å². The Bertz CT molecular complexity index is 764. The Labute approximate surface area is 172 Å². The van der Waals surface area contributed by atoms with Gasteiger partial charge >= 0.3 is 0 Å². The van der Waals surface area contributed by atoms with E-state index in [4.69, 9.17) is 0 Å². The number of aldehydes is 1. The van der Waals surface area contributed by atoms with Crippen molar-refractivity contribution in [3.05, 3.63) is 29.8 Å². The van der Waals surface area contributed by atoms with Crippen LogP contribution in [0.25, 0.3) is 0 Å². The van der Waals surface area contributed by atoms with Crippen molar-refractivity contribution in [2.24, 2.45) is 10.9 Å². The van der Waals surface area contributed by atoms with Gasteiger partial charge < -0.3 is 19.7 Å². The number of hydrogen-bond acceptors (Lipinski definition) is 5. The molecule has 156 valence electrons. The number of carbonyl (C=O) groups excluding carboxylic acids is 2. The van der Waals surface area contributed by atoms with Crippen molar-refractivity contribution in [2.45, 2.75) is 63.0 Å². The molecule has 1 unspecified atom stereocenters. The number of piperidine rings is 1. The molecule has 1 aromatic rings. The van der Waals surface area contributed by atoms with Crippen molar-refractivity contribution in [2.75, 3.05) is 19.6 Å². The number of aliphatic hydroxyl groups is 1. The molecule has 0 aromatic heterocycles. The SMILES string of the molecule is O=CC1c2ccccc2N=CN1CC1(O)CCN(C(=O)CCC2CCCC2)CC1. The van der Waals surface area contributed by atoms with Crippen LogP contribution >= 0.6 is 0 Å². The molecule has 0 radical (unpaired) electrons. The number of carbonyl (C=O) groups is 2. The van der Waals surface area contributed by atoms with Gasteiger partial charge in [0.15, 0.2) is 0 Å². The maximum atomic E-state index is 12.6. The molecule has 1 aliphatic carbocycles. The van der Waals surface area contributed by atoms with Crippen LogP contribution in [0.3, 0.4) is 0 Å². The minimum absolute atomic E-state index is 0.221. The molecule has 1 saturated carbocycles. The zero-order chi connectivity index (χ0) is 20.3. The summed E-state index contributed by atoms with van der Waals surface area (Å²) in [6.45, 7) is 1.50. The van der Waals surface area contributed by atoms with Crippen molar-refractivity contribution in [1.82, 2.24) is 9.80 Å². The fourth-order valence-electron chi connectivity index (χ4n) is 4.99. The summed E-state index contributed by atoms with van der Waals surface area (Å²) in [7, 11) is 0. The first-order valence-electron chi connectivity index (χ1n) is 10.9. The minimum atomic E-state index is -0.915. The second-order valence-corrected chi connectivity index (χ2v) is 8.85. The lowest BCUT2D eigenvalue weighted by molar-refractivity contribution is -0.136. The molecule has 1 amide bonds. The Morgan fingerprint density at radius 1 is 1.21 bits per heavy atom. The van der Waals surface area contributed by atoms with E-state index < -0.39 is 11.6 Å². The van der Waals surface area contributed by atoms with E-state index in [0.29, 0.717) is 38.9 Å². The van der Waals surface area contributed by atoms with Crippen molar-refractivity contribution in [1.29, 1.82) is 0 Å². The molecule has 1 N–H and O–H groups in total. The molecule has 0 bridgehead atoms. The molecule has 6 nitrogen and oxygen atoms in total. The van der Waals surface area contributed by atoms with Crippen LogP contribution in [0, 0.1) is 5.92 Å². The van der Waals surface area contributed by atoms with E-state index in [-0.39, 0.29) is 5.91 Å². The Morgan fingerprint density at radius 3 is 2.66 bits per heavy atom. The Hall–Kier alpha value is -2.21. The number of hydrogen-bond donors (Lipinski definition) is 1. The third kappa shape index (κ3) is 4.53. The highest BCUT2D eigenvalue weighted by atomic mass is 16.3. The second-order valence-electron chi connectivity index (χ2n) is 8.85.